The lowest BCUT2D eigenvalue weighted by molar-refractivity contribution is -0.120. The van der Waals surface area contributed by atoms with Crippen molar-refractivity contribution in [3.63, 3.8) is 0 Å². The van der Waals surface area contributed by atoms with Crippen LogP contribution in [-0.4, -0.2) is 44.7 Å². The fourth-order valence-corrected chi connectivity index (χ4v) is 4.15. The Balaban J connectivity index is 1.48. The molecule has 42 heavy (non-hydrogen) atoms. The smallest absolute Gasteiger partial charge is 0.335 e. The predicted molar refractivity (Wildman–Crippen MR) is 152 cm³/mol. The zero-order valence-corrected chi connectivity index (χ0v) is 21.4. The number of hydrogen-bond donors (Lipinski definition) is 3. The zero-order valence-electron chi connectivity index (χ0n) is 21.4. The minimum Gasteiger partial charge on any atom is -0.478 e. The van der Waals surface area contributed by atoms with Gasteiger partial charge in [0.15, 0.2) is 0 Å². The SMILES string of the molecule is O=COc1cc(C#Cc2ccc3nc4ccc(C#Cc5cc(C(=O)O)cc(C(=O)O)c5)cc4cc3c2)cc(C(=O)O)c1. The summed E-state index contributed by atoms with van der Waals surface area (Å²) in [5.41, 5.74) is 2.92. The first-order valence-electron chi connectivity index (χ1n) is 12.2. The van der Waals surface area contributed by atoms with E-state index in [4.69, 9.17) is 4.74 Å². The third kappa shape index (κ3) is 6.07. The first-order valence-corrected chi connectivity index (χ1v) is 12.2. The van der Waals surface area contributed by atoms with Crippen LogP contribution in [0.1, 0.15) is 53.3 Å². The molecule has 0 unspecified atom stereocenters. The number of nitrogens with zero attached hydrogens (tertiary/aromatic N) is 1. The minimum absolute atomic E-state index is 0.0661. The highest BCUT2D eigenvalue weighted by Crippen LogP contribution is 2.22. The molecule has 0 saturated heterocycles. The molecule has 202 valence electrons. The molecule has 0 atom stereocenters. The zero-order chi connectivity index (χ0) is 29.8. The van der Waals surface area contributed by atoms with Gasteiger partial charge in [0.2, 0.25) is 0 Å². The average Bonchev–Trinajstić information content (AvgIpc) is 2.97. The van der Waals surface area contributed by atoms with E-state index in [0.717, 1.165) is 27.9 Å². The normalized spacial score (nSPS) is 10.2. The van der Waals surface area contributed by atoms with Crippen molar-refractivity contribution in [2.75, 3.05) is 0 Å². The fourth-order valence-electron chi connectivity index (χ4n) is 4.15. The number of rotatable bonds is 5. The van der Waals surface area contributed by atoms with Crippen molar-refractivity contribution in [1.82, 2.24) is 4.98 Å². The maximum atomic E-state index is 11.4. The number of fused-ring (bicyclic) bond motifs is 2. The van der Waals surface area contributed by atoms with Crippen molar-refractivity contribution in [3.05, 3.63) is 118 Å². The van der Waals surface area contributed by atoms with Crippen LogP contribution < -0.4 is 4.74 Å². The monoisotopic (exact) mass is 555 g/mol. The highest BCUT2D eigenvalue weighted by molar-refractivity contribution is 5.95. The largest absolute Gasteiger partial charge is 0.478 e. The maximum absolute atomic E-state index is 11.4. The topological polar surface area (TPSA) is 151 Å². The van der Waals surface area contributed by atoms with E-state index in [1.54, 1.807) is 18.2 Å². The minimum atomic E-state index is -1.25. The van der Waals surface area contributed by atoms with Gasteiger partial charge in [-0.2, -0.15) is 0 Å². The van der Waals surface area contributed by atoms with Gasteiger partial charge in [-0.15, -0.1) is 0 Å². The summed E-state index contributed by atoms with van der Waals surface area (Å²) in [4.78, 5) is 49.5. The standard InChI is InChI=1S/C33H17NO8/c35-18-42-28-14-22(13-27(17-28)33(40)41)4-2-20-6-8-30-24(10-20)15-23-9-19(5-7-29(23)34-30)1-3-21-11-25(31(36)37)16-26(12-21)32(38)39/h5-18H,(H,36,37)(H,38,39)(H,40,41). The summed E-state index contributed by atoms with van der Waals surface area (Å²) < 4.78 is 4.79. The Morgan fingerprint density at radius 3 is 1.50 bits per heavy atom. The quantitative estimate of drug-likeness (QED) is 0.158. The van der Waals surface area contributed by atoms with E-state index < -0.39 is 17.9 Å². The van der Waals surface area contributed by atoms with E-state index in [2.05, 4.69) is 28.7 Å². The van der Waals surface area contributed by atoms with Crippen molar-refractivity contribution >= 4 is 46.2 Å². The molecule has 0 fully saturated rings. The number of aromatic carboxylic acids is 3. The number of carbonyl (C=O) groups is 4. The molecule has 1 heterocycles. The maximum Gasteiger partial charge on any atom is 0.335 e. The lowest BCUT2D eigenvalue weighted by atomic mass is 10.0. The molecule has 9 heteroatoms. The number of carbonyl (C=O) groups excluding carboxylic acids is 1. The van der Waals surface area contributed by atoms with E-state index in [1.165, 1.54) is 30.3 Å². The Kier molecular flexibility index (Phi) is 7.33. The highest BCUT2D eigenvalue weighted by Gasteiger charge is 2.11. The van der Waals surface area contributed by atoms with Crippen LogP contribution in [0.4, 0.5) is 0 Å². The summed E-state index contributed by atoms with van der Waals surface area (Å²) >= 11 is 0. The molecular weight excluding hydrogens is 538 g/mol. The number of hydrogen-bond acceptors (Lipinski definition) is 6. The molecule has 9 nitrogen and oxygen atoms in total. The Morgan fingerprint density at radius 2 is 1.02 bits per heavy atom. The van der Waals surface area contributed by atoms with E-state index in [-0.39, 0.29) is 34.5 Å². The predicted octanol–water partition coefficient (Wildman–Crippen LogP) is 4.82. The van der Waals surface area contributed by atoms with Crippen molar-refractivity contribution in [2.45, 2.75) is 0 Å². The molecule has 0 amide bonds. The second-order valence-electron chi connectivity index (χ2n) is 8.98. The number of carboxylic acid groups (broad SMARTS) is 3. The van der Waals surface area contributed by atoms with E-state index >= 15 is 0 Å². The summed E-state index contributed by atoms with van der Waals surface area (Å²) in [6.07, 6.45) is 0. The molecule has 0 bridgehead atoms. The van der Waals surface area contributed by atoms with Crippen LogP contribution in [0.15, 0.2) is 78.9 Å². The van der Waals surface area contributed by atoms with Gasteiger partial charge in [0, 0.05) is 33.0 Å². The van der Waals surface area contributed by atoms with Gasteiger partial charge in [-0.3, -0.25) is 4.79 Å². The molecule has 3 N–H and O–H groups in total. The van der Waals surface area contributed by atoms with Gasteiger partial charge in [-0.25, -0.2) is 19.4 Å². The van der Waals surface area contributed by atoms with Crippen LogP contribution in [0.25, 0.3) is 21.8 Å². The van der Waals surface area contributed by atoms with E-state index in [1.807, 2.05) is 24.3 Å². The van der Waals surface area contributed by atoms with Crippen molar-refractivity contribution in [3.8, 4) is 29.4 Å². The molecule has 5 aromatic rings. The molecule has 0 radical (unpaired) electrons. The van der Waals surface area contributed by atoms with Crippen molar-refractivity contribution in [1.29, 1.82) is 0 Å². The lowest BCUT2D eigenvalue weighted by Gasteiger charge is -2.04. The summed E-state index contributed by atoms with van der Waals surface area (Å²) in [6, 6.07) is 20.5. The number of aromatic nitrogens is 1. The second-order valence-corrected chi connectivity index (χ2v) is 8.98. The molecule has 4 aromatic carbocycles. The van der Waals surface area contributed by atoms with Gasteiger partial charge in [-0.05, 0) is 78.9 Å². The van der Waals surface area contributed by atoms with Gasteiger partial charge in [0.05, 0.1) is 27.7 Å². The molecular formula is C33H17NO8. The Labute approximate surface area is 237 Å². The Bertz CT molecular complexity index is 2060. The highest BCUT2D eigenvalue weighted by atomic mass is 16.5. The summed E-state index contributed by atoms with van der Waals surface area (Å²) in [5.74, 6) is 8.06. The first kappa shape index (κ1) is 27.1. The van der Waals surface area contributed by atoms with Crippen LogP contribution in [-0.2, 0) is 4.79 Å². The molecule has 0 aliphatic carbocycles. The Hall–Kier alpha value is -6.45. The molecule has 0 spiro atoms. The fraction of sp³-hybridized carbons (Fsp3) is 0. The third-order valence-electron chi connectivity index (χ3n) is 6.07. The van der Waals surface area contributed by atoms with Crippen molar-refractivity contribution in [2.24, 2.45) is 0 Å². The summed E-state index contributed by atoms with van der Waals surface area (Å²) in [7, 11) is 0. The Morgan fingerprint density at radius 1 is 0.571 bits per heavy atom. The number of ether oxygens (including phenoxy) is 1. The lowest BCUT2D eigenvalue weighted by Crippen LogP contribution is -2.03. The first-order chi connectivity index (χ1) is 20.2. The van der Waals surface area contributed by atoms with Crippen LogP contribution in [0.2, 0.25) is 0 Å². The summed E-state index contributed by atoms with van der Waals surface area (Å²) in [6.45, 7) is 0.210. The molecule has 1 aromatic heterocycles. The van der Waals surface area contributed by atoms with E-state index in [9.17, 15) is 34.5 Å². The van der Waals surface area contributed by atoms with Crippen molar-refractivity contribution < 1.29 is 39.2 Å². The number of pyridine rings is 1. The molecule has 5 rings (SSSR count). The molecule has 0 saturated carbocycles. The summed E-state index contributed by atoms with van der Waals surface area (Å²) in [5, 5.41) is 29.5. The molecule has 0 aliphatic heterocycles. The van der Waals surface area contributed by atoms with Gasteiger partial charge >= 0.3 is 17.9 Å². The van der Waals surface area contributed by atoms with Gasteiger partial charge in [-0.1, -0.05) is 23.7 Å². The van der Waals surface area contributed by atoms with Crippen LogP contribution >= 0.6 is 0 Å². The average molecular weight is 555 g/mol. The number of carboxylic acids is 3. The van der Waals surface area contributed by atoms with E-state index in [0.29, 0.717) is 16.7 Å². The van der Waals surface area contributed by atoms with Crippen LogP contribution in [0.3, 0.4) is 0 Å². The van der Waals surface area contributed by atoms with Crippen LogP contribution in [0.5, 0.6) is 5.75 Å². The molecule has 0 aliphatic rings. The third-order valence-corrected chi connectivity index (χ3v) is 6.07. The van der Waals surface area contributed by atoms with Gasteiger partial charge in [0.1, 0.15) is 5.75 Å². The second kappa shape index (κ2) is 11.3. The number of benzene rings is 4. The van der Waals surface area contributed by atoms with Crippen LogP contribution in [0, 0.1) is 23.7 Å². The van der Waals surface area contributed by atoms with Gasteiger partial charge in [0.25, 0.3) is 6.47 Å². The van der Waals surface area contributed by atoms with Gasteiger partial charge < -0.3 is 20.1 Å².